The first-order valence-corrected chi connectivity index (χ1v) is 18.8. The van der Waals surface area contributed by atoms with Gasteiger partial charge in [0.05, 0.1) is 5.69 Å². The number of phenolic OH excluding ortho intramolecular Hbond substituents is 1. The number of allylic oxidation sites excluding steroid dienone is 9. The molecule has 2 atom stereocenters. The summed E-state index contributed by atoms with van der Waals surface area (Å²) in [5.41, 5.74) is 12.5. The van der Waals surface area contributed by atoms with Crippen molar-refractivity contribution in [3.63, 3.8) is 0 Å². The van der Waals surface area contributed by atoms with Crippen molar-refractivity contribution < 1.29 is 9.84 Å². The van der Waals surface area contributed by atoms with Crippen LogP contribution in [0, 0.1) is 0 Å². The molecule has 0 spiro atoms. The van der Waals surface area contributed by atoms with Crippen LogP contribution in [0.5, 0.6) is 11.5 Å². The van der Waals surface area contributed by atoms with Gasteiger partial charge in [-0.05, 0) is 76.8 Å². The van der Waals surface area contributed by atoms with Crippen LogP contribution >= 0.6 is 0 Å². The van der Waals surface area contributed by atoms with Gasteiger partial charge < -0.3 is 14.7 Å². The molecule has 2 unspecified atom stereocenters. The first-order valence-electron chi connectivity index (χ1n) is 18.8. The van der Waals surface area contributed by atoms with Gasteiger partial charge in [-0.2, -0.15) is 0 Å². The Morgan fingerprint density at radius 2 is 1.50 bits per heavy atom. The largest absolute Gasteiger partial charge is 0.507 e. The van der Waals surface area contributed by atoms with E-state index in [1.165, 1.54) is 16.7 Å². The predicted octanol–water partition coefficient (Wildman–Crippen LogP) is 13.4. The van der Waals surface area contributed by atoms with Crippen molar-refractivity contribution in [3.05, 3.63) is 210 Å². The molecule has 6 aromatic carbocycles. The third-order valence-corrected chi connectivity index (χ3v) is 10.9. The van der Waals surface area contributed by atoms with Gasteiger partial charge in [0.15, 0.2) is 0 Å². The molecule has 0 saturated heterocycles. The fourth-order valence-corrected chi connectivity index (χ4v) is 8.36. The van der Waals surface area contributed by atoms with Crippen LogP contribution < -0.4 is 9.64 Å². The molecule has 3 heteroatoms. The number of fused-ring (bicyclic) bond motifs is 4. The van der Waals surface area contributed by atoms with E-state index in [-0.39, 0.29) is 17.8 Å². The minimum Gasteiger partial charge on any atom is -0.507 e. The maximum atomic E-state index is 12.1. The number of ether oxygens (including phenoxy) is 1. The average Bonchev–Trinajstić information content (AvgIpc) is 3.60. The molecule has 0 aromatic heterocycles. The first kappa shape index (κ1) is 33.3. The average molecular weight is 700 g/mol. The molecular formula is C51H41NO2. The van der Waals surface area contributed by atoms with E-state index in [0.29, 0.717) is 0 Å². The quantitative estimate of drug-likeness (QED) is 0.172. The van der Waals surface area contributed by atoms with E-state index in [4.69, 9.17) is 4.74 Å². The third kappa shape index (κ3) is 5.88. The Hall–Kier alpha value is -6.58. The summed E-state index contributed by atoms with van der Waals surface area (Å²) in [7, 11) is 0. The minimum atomic E-state index is -0.107. The Kier molecular flexibility index (Phi) is 8.69. The van der Waals surface area contributed by atoms with Crippen LogP contribution in [-0.2, 0) is 0 Å². The summed E-state index contributed by atoms with van der Waals surface area (Å²) >= 11 is 0. The highest BCUT2D eigenvalue weighted by atomic mass is 16.5. The number of aromatic hydroxyl groups is 1. The molecule has 0 fully saturated rings. The highest BCUT2D eigenvalue weighted by Crippen LogP contribution is 2.51. The van der Waals surface area contributed by atoms with Gasteiger partial charge in [0.1, 0.15) is 17.6 Å². The lowest BCUT2D eigenvalue weighted by Crippen LogP contribution is -2.21. The van der Waals surface area contributed by atoms with Crippen molar-refractivity contribution in [1.82, 2.24) is 0 Å². The summed E-state index contributed by atoms with van der Waals surface area (Å²) in [6, 6.07) is 46.4. The van der Waals surface area contributed by atoms with Gasteiger partial charge in [0.25, 0.3) is 0 Å². The van der Waals surface area contributed by atoms with Gasteiger partial charge in [0.2, 0.25) is 0 Å². The highest BCUT2D eigenvalue weighted by Gasteiger charge is 2.37. The van der Waals surface area contributed by atoms with E-state index < -0.39 is 0 Å². The second-order valence-electron chi connectivity index (χ2n) is 14.1. The number of anilines is 3. The Balaban J connectivity index is 1.21. The molecule has 9 rings (SSSR count). The zero-order chi connectivity index (χ0) is 36.6. The number of nitrogens with zero attached hydrogens (tertiary/aromatic N) is 1. The highest BCUT2D eigenvalue weighted by molar-refractivity contribution is 6.08. The van der Waals surface area contributed by atoms with Gasteiger partial charge in [-0.1, -0.05) is 152 Å². The summed E-state index contributed by atoms with van der Waals surface area (Å²) in [6.07, 6.45) is 16.9. The Morgan fingerprint density at radius 1 is 0.778 bits per heavy atom. The molecule has 54 heavy (non-hydrogen) atoms. The van der Waals surface area contributed by atoms with Crippen molar-refractivity contribution in [2.24, 2.45) is 0 Å². The molecule has 262 valence electrons. The SMILES string of the molecule is C=C(C1=C(/C=C\C)C=CCC1)c1c(O)cc(N(c2cccc(-c3ccccc3)c2)c2ccc3c(c2)OC2C(c4ccccc4)=CC=CC32)c2ccccc12. The molecule has 3 aliphatic rings. The smallest absolute Gasteiger partial charge is 0.135 e. The molecule has 0 saturated carbocycles. The second kappa shape index (κ2) is 14.1. The van der Waals surface area contributed by atoms with E-state index >= 15 is 0 Å². The summed E-state index contributed by atoms with van der Waals surface area (Å²) in [5.74, 6) is 1.19. The summed E-state index contributed by atoms with van der Waals surface area (Å²) in [5, 5.41) is 14.1. The number of benzene rings is 6. The van der Waals surface area contributed by atoms with Gasteiger partial charge in [0, 0.05) is 51.5 Å². The Bertz CT molecular complexity index is 2570. The maximum Gasteiger partial charge on any atom is 0.135 e. The third-order valence-electron chi connectivity index (χ3n) is 10.9. The molecule has 2 aliphatic carbocycles. The lowest BCUT2D eigenvalue weighted by atomic mass is 9.84. The topological polar surface area (TPSA) is 32.7 Å². The summed E-state index contributed by atoms with van der Waals surface area (Å²) in [6.45, 7) is 6.64. The van der Waals surface area contributed by atoms with Crippen molar-refractivity contribution in [2.75, 3.05) is 4.90 Å². The lowest BCUT2D eigenvalue weighted by Gasteiger charge is -2.29. The van der Waals surface area contributed by atoms with Crippen LogP contribution in [0.25, 0.3) is 33.0 Å². The van der Waals surface area contributed by atoms with Crippen LogP contribution in [-0.4, -0.2) is 11.2 Å². The van der Waals surface area contributed by atoms with Gasteiger partial charge >= 0.3 is 0 Å². The standard InChI is InChI=1S/C51H41NO2/c1-3-16-36-21-10-11-24-41(36)34(2)50-45-26-13-12-25-43(45)47(33-48(50)53)52(39-23-14-22-38(31-39)35-17-6-4-7-18-35)40-29-30-44-46-28-15-27-42(37-19-8-5-9-20-37)51(46)54-49(44)32-40/h3-10,12-23,25-33,46,51,53H,2,11,24H2,1H3/b16-3-. The fraction of sp³-hybridized carbons (Fsp3) is 0.0980. The van der Waals surface area contributed by atoms with Crippen LogP contribution in [0.4, 0.5) is 17.1 Å². The molecule has 1 N–H and O–H groups in total. The fourth-order valence-electron chi connectivity index (χ4n) is 8.36. The normalized spacial score (nSPS) is 17.3. The number of hydrogen-bond donors (Lipinski definition) is 1. The molecule has 3 nitrogen and oxygen atoms in total. The Morgan fingerprint density at radius 3 is 2.30 bits per heavy atom. The van der Waals surface area contributed by atoms with E-state index in [2.05, 4.69) is 163 Å². The minimum absolute atomic E-state index is 0.107. The van der Waals surface area contributed by atoms with E-state index in [1.54, 1.807) is 0 Å². The molecule has 0 bridgehead atoms. The van der Waals surface area contributed by atoms with Gasteiger partial charge in [-0.15, -0.1) is 0 Å². The molecule has 1 heterocycles. The van der Waals surface area contributed by atoms with Crippen molar-refractivity contribution in [2.45, 2.75) is 31.8 Å². The van der Waals surface area contributed by atoms with Crippen molar-refractivity contribution >= 4 is 39.0 Å². The van der Waals surface area contributed by atoms with Crippen LogP contribution in [0.2, 0.25) is 0 Å². The van der Waals surface area contributed by atoms with E-state index in [0.717, 1.165) is 79.8 Å². The van der Waals surface area contributed by atoms with Crippen LogP contribution in [0.3, 0.4) is 0 Å². The zero-order valence-electron chi connectivity index (χ0n) is 30.3. The van der Waals surface area contributed by atoms with Crippen molar-refractivity contribution in [3.8, 4) is 22.6 Å². The molecule has 1 aliphatic heterocycles. The van der Waals surface area contributed by atoms with Gasteiger partial charge in [-0.25, -0.2) is 0 Å². The van der Waals surface area contributed by atoms with E-state index in [9.17, 15) is 5.11 Å². The summed E-state index contributed by atoms with van der Waals surface area (Å²) < 4.78 is 6.87. The predicted molar refractivity (Wildman–Crippen MR) is 226 cm³/mol. The zero-order valence-corrected chi connectivity index (χ0v) is 30.3. The van der Waals surface area contributed by atoms with Gasteiger partial charge in [-0.3, -0.25) is 0 Å². The maximum absolute atomic E-state index is 12.1. The lowest BCUT2D eigenvalue weighted by molar-refractivity contribution is 0.278. The van der Waals surface area contributed by atoms with Crippen LogP contribution in [0.1, 0.15) is 42.4 Å². The monoisotopic (exact) mass is 699 g/mol. The summed E-state index contributed by atoms with van der Waals surface area (Å²) in [4.78, 5) is 2.25. The van der Waals surface area contributed by atoms with E-state index in [1.807, 2.05) is 31.2 Å². The number of phenols is 1. The molecule has 0 radical (unpaired) electrons. The number of hydrogen-bond acceptors (Lipinski definition) is 3. The van der Waals surface area contributed by atoms with Crippen molar-refractivity contribution in [1.29, 1.82) is 0 Å². The number of rotatable bonds is 8. The molecule has 0 amide bonds. The Labute approximate surface area is 317 Å². The van der Waals surface area contributed by atoms with Crippen LogP contribution in [0.15, 0.2) is 194 Å². The first-order chi connectivity index (χ1) is 26.6. The molecular weight excluding hydrogens is 659 g/mol. The molecule has 6 aromatic rings. The second-order valence-corrected chi connectivity index (χ2v) is 14.1.